The molecule has 0 amide bonds. The van der Waals surface area contributed by atoms with E-state index in [9.17, 15) is 0 Å². The molecule has 0 atom stereocenters. The van der Waals surface area contributed by atoms with Crippen LogP contribution in [0.3, 0.4) is 0 Å². The average Bonchev–Trinajstić information content (AvgIpc) is 2.63. The van der Waals surface area contributed by atoms with Gasteiger partial charge in [0.1, 0.15) is 0 Å². The largest absolute Gasteiger partial charge is 0.306 e. The molecule has 1 fully saturated rings. The first-order chi connectivity index (χ1) is 12.7. The van der Waals surface area contributed by atoms with Crippen molar-refractivity contribution in [1.29, 1.82) is 0 Å². The summed E-state index contributed by atoms with van der Waals surface area (Å²) in [4.78, 5) is 0. The van der Waals surface area contributed by atoms with Crippen LogP contribution in [0.25, 0.3) is 0 Å². The van der Waals surface area contributed by atoms with Gasteiger partial charge < -0.3 is 5.32 Å². The van der Waals surface area contributed by atoms with E-state index in [1.807, 2.05) is 0 Å². The van der Waals surface area contributed by atoms with Gasteiger partial charge >= 0.3 is 0 Å². The van der Waals surface area contributed by atoms with E-state index in [0.717, 1.165) is 0 Å². The fourth-order valence-corrected chi connectivity index (χ4v) is 5.31. The van der Waals surface area contributed by atoms with Crippen LogP contribution in [-0.4, -0.2) is 11.1 Å². The van der Waals surface area contributed by atoms with E-state index in [2.05, 4.69) is 33.0 Å². The van der Waals surface area contributed by atoms with Gasteiger partial charge in [-0.15, -0.1) is 0 Å². The highest BCUT2D eigenvalue weighted by Crippen LogP contribution is 2.41. The third kappa shape index (κ3) is 8.77. The molecule has 1 heterocycles. The molecule has 1 N–H and O–H groups in total. The summed E-state index contributed by atoms with van der Waals surface area (Å²) in [6, 6.07) is 0. The highest BCUT2D eigenvalue weighted by Gasteiger charge is 2.42. The van der Waals surface area contributed by atoms with E-state index in [1.54, 1.807) is 0 Å². The molecule has 0 spiro atoms. The molecule has 26 heavy (non-hydrogen) atoms. The highest BCUT2D eigenvalue weighted by atomic mass is 15.1. The van der Waals surface area contributed by atoms with Crippen LogP contribution in [0, 0.1) is 0 Å². The molecule has 1 nitrogen and oxygen atoms in total. The summed E-state index contributed by atoms with van der Waals surface area (Å²) in [6.07, 6.45) is 26.8. The molecule has 0 unspecified atom stereocenters. The molecule has 0 aromatic heterocycles. The SMILES string of the molecule is CCCCCC1(CCCCC)CCCC(CCCCC)(CCCCC)N1. The second-order valence-electron chi connectivity index (χ2n) is 9.37. The zero-order valence-electron chi connectivity index (χ0n) is 18.9. The summed E-state index contributed by atoms with van der Waals surface area (Å²) >= 11 is 0. The van der Waals surface area contributed by atoms with Gasteiger partial charge in [-0.3, -0.25) is 0 Å². The fourth-order valence-electron chi connectivity index (χ4n) is 5.31. The predicted molar refractivity (Wildman–Crippen MR) is 119 cm³/mol. The first-order valence-corrected chi connectivity index (χ1v) is 12.4. The Morgan fingerprint density at radius 1 is 0.500 bits per heavy atom. The Balaban J connectivity index is 2.82. The highest BCUT2D eigenvalue weighted by molar-refractivity contribution is 5.02. The maximum Gasteiger partial charge on any atom is 0.0186 e. The molecule has 0 aromatic rings. The Morgan fingerprint density at radius 3 is 1.08 bits per heavy atom. The Morgan fingerprint density at radius 2 is 0.808 bits per heavy atom. The van der Waals surface area contributed by atoms with Crippen LogP contribution in [0.2, 0.25) is 0 Å². The minimum atomic E-state index is 0.459. The van der Waals surface area contributed by atoms with E-state index in [0.29, 0.717) is 11.1 Å². The minimum Gasteiger partial charge on any atom is -0.306 e. The van der Waals surface area contributed by atoms with Gasteiger partial charge in [-0.25, -0.2) is 0 Å². The lowest BCUT2D eigenvalue weighted by Crippen LogP contribution is -2.61. The topological polar surface area (TPSA) is 12.0 Å². The molecule has 1 heteroatoms. The number of hydrogen-bond donors (Lipinski definition) is 1. The normalized spacial score (nSPS) is 18.9. The van der Waals surface area contributed by atoms with Crippen molar-refractivity contribution >= 4 is 0 Å². The maximum atomic E-state index is 4.42. The molecule has 1 rings (SSSR count). The lowest BCUT2D eigenvalue weighted by Gasteiger charge is -2.51. The van der Waals surface area contributed by atoms with Gasteiger partial charge in [0.15, 0.2) is 0 Å². The summed E-state index contributed by atoms with van der Waals surface area (Å²) in [5.41, 5.74) is 0.919. The Labute approximate surface area is 166 Å². The zero-order valence-corrected chi connectivity index (χ0v) is 18.9. The van der Waals surface area contributed by atoms with E-state index in [-0.39, 0.29) is 0 Å². The molecular weight excluding hydrogens is 314 g/mol. The zero-order chi connectivity index (χ0) is 19.1. The Bertz CT molecular complexity index is 272. The van der Waals surface area contributed by atoms with Crippen LogP contribution < -0.4 is 5.32 Å². The van der Waals surface area contributed by atoms with Crippen LogP contribution in [0.4, 0.5) is 0 Å². The van der Waals surface area contributed by atoms with E-state index in [1.165, 1.54) is 122 Å². The van der Waals surface area contributed by atoms with E-state index < -0.39 is 0 Å². The molecular formula is C25H51N. The van der Waals surface area contributed by atoms with Gasteiger partial charge in [0.05, 0.1) is 0 Å². The maximum absolute atomic E-state index is 4.42. The summed E-state index contributed by atoms with van der Waals surface area (Å²) in [7, 11) is 0. The lowest BCUT2D eigenvalue weighted by atomic mass is 9.70. The summed E-state index contributed by atoms with van der Waals surface area (Å²) in [5.74, 6) is 0. The van der Waals surface area contributed by atoms with Gasteiger partial charge in [0, 0.05) is 11.1 Å². The molecule has 0 aromatic carbocycles. The first kappa shape index (κ1) is 24.0. The molecule has 0 saturated carbocycles. The molecule has 1 aliphatic heterocycles. The molecule has 1 aliphatic rings. The van der Waals surface area contributed by atoms with Crippen LogP contribution in [0.5, 0.6) is 0 Å². The van der Waals surface area contributed by atoms with Gasteiger partial charge in [-0.1, -0.05) is 105 Å². The minimum absolute atomic E-state index is 0.459. The van der Waals surface area contributed by atoms with Crippen molar-refractivity contribution in [2.24, 2.45) is 0 Å². The number of hydrogen-bond acceptors (Lipinski definition) is 1. The Hall–Kier alpha value is -0.0400. The molecule has 156 valence electrons. The Kier molecular flexibility index (Phi) is 12.9. The van der Waals surface area contributed by atoms with Gasteiger partial charge in [-0.05, 0) is 44.9 Å². The van der Waals surface area contributed by atoms with Crippen molar-refractivity contribution in [3.05, 3.63) is 0 Å². The van der Waals surface area contributed by atoms with Crippen molar-refractivity contribution in [2.75, 3.05) is 0 Å². The number of piperidine rings is 1. The monoisotopic (exact) mass is 365 g/mol. The second-order valence-corrected chi connectivity index (χ2v) is 9.37. The molecule has 0 bridgehead atoms. The predicted octanol–water partition coefficient (Wildman–Crippen LogP) is 8.56. The third-order valence-corrected chi connectivity index (χ3v) is 6.88. The number of unbranched alkanes of at least 4 members (excludes halogenated alkanes) is 8. The van der Waals surface area contributed by atoms with Crippen molar-refractivity contribution < 1.29 is 0 Å². The van der Waals surface area contributed by atoms with Gasteiger partial charge in [0.2, 0.25) is 0 Å². The van der Waals surface area contributed by atoms with E-state index in [4.69, 9.17) is 0 Å². The van der Waals surface area contributed by atoms with Crippen LogP contribution in [0.15, 0.2) is 0 Å². The number of rotatable bonds is 16. The third-order valence-electron chi connectivity index (χ3n) is 6.88. The quantitative estimate of drug-likeness (QED) is 0.270. The van der Waals surface area contributed by atoms with Crippen molar-refractivity contribution in [2.45, 2.75) is 161 Å². The molecule has 0 radical (unpaired) electrons. The standard InChI is InChI=1S/C25H51N/c1-5-9-13-18-24(19-14-10-6-2)22-17-23-25(26-24,20-15-11-7-3)21-16-12-8-4/h26H,5-23H2,1-4H3. The summed E-state index contributed by atoms with van der Waals surface area (Å²) < 4.78 is 0. The summed E-state index contributed by atoms with van der Waals surface area (Å²) in [6.45, 7) is 9.38. The smallest absolute Gasteiger partial charge is 0.0186 e. The van der Waals surface area contributed by atoms with Crippen molar-refractivity contribution in [3.63, 3.8) is 0 Å². The first-order valence-electron chi connectivity index (χ1n) is 12.4. The van der Waals surface area contributed by atoms with Crippen LogP contribution >= 0.6 is 0 Å². The summed E-state index contributed by atoms with van der Waals surface area (Å²) in [5, 5.41) is 4.42. The molecule has 0 aliphatic carbocycles. The lowest BCUT2D eigenvalue weighted by molar-refractivity contribution is 0.0873. The van der Waals surface area contributed by atoms with Gasteiger partial charge in [0.25, 0.3) is 0 Å². The van der Waals surface area contributed by atoms with Crippen molar-refractivity contribution in [3.8, 4) is 0 Å². The van der Waals surface area contributed by atoms with Crippen LogP contribution in [0.1, 0.15) is 150 Å². The fraction of sp³-hybridized carbons (Fsp3) is 1.00. The van der Waals surface area contributed by atoms with Gasteiger partial charge in [-0.2, -0.15) is 0 Å². The van der Waals surface area contributed by atoms with E-state index >= 15 is 0 Å². The second kappa shape index (κ2) is 14.0. The van der Waals surface area contributed by atoms with Crippen LogP contribution in [-0.2, 0) is 0 Å². The van der Waals surface area contributed by atoms with Crippen molar-refractivity contribution in [1.82, 2.24) is 5.32 Å². The average molecular weight is 366 g/mol. The number of nitrogens with one attached hydrogen (secondary N) is 1. The molecule has 1 saturated heterocycles.